The van der Waals surface area contributed by atoms with E-state index in [9.17, 15) is 0 Å². The molecule has 3 aromatic rings. The molecule has 0 radical (unpaired) electrons. The van der Waals surface area contributed by atoms with Gasteiger partial charge in [0.25, 0.3) is 0 Å². The Morgan fingerprint density at radius 1 is 0.875 bits per heavy atom. The van der Waals surface area contributed by atoms with Gasteiger partial charge in [-0.15, -0.1) is 0 Å². The van der Waals surface area contributed by atoms with Gasteiger partial charge in [0.05, 0.1) is 25.6 Å². The first kappa shape index (κ1) is 16.1. The lowest BCUT2D eigenvalue weighted by atomic mass is 10.1. The maximum absolute atomic E-state index is 5.94. The standard InChI is InChI=1S/C18H16ClN3O2/c1-23-13-7-8-14(17(9-13)24-2)16-10-15(21-18(20)22-16)11-3-5-12(19)6-4-11/h3-10H,1-2H3,(H2,20,21,22). The molecule has 0 aliphatic rings. The van der Waals surface area contributed by atoms with Crippen LogP contribution >= 0.6 is 11.6 Å². The molecule has 0 aliphatic heterocycles. The van der Waals surface area contributed by atoms with Gasteiger partial charge >= 0.3 is 0 Å². The third-order valence-electron chi connectivity index (χ3n) is 3.57. The molecule has 0 aliphatic carbocycles. The third-order valence-corrected chi connectivity index (χ3v) is 3.82. The molecule has 0 saturated heterocycles. The number of nitrogen functional groups attached to an aromatic ring is 1. The molecule has 2 N–H and O–H groups in total. The van der Waals surface area contributed by atoms with Crippen molar-refractivity contribution >= 4 is 17.5 Å². The van der Waals surface area contributed by atoms with Crippen molar-refractivity contribution in [3.63, 3.8) is 0 Å². The van der Waals surface area contributed by atoms with Gasteiger partial charge in [0, 0.05) is 22.2 Å². The molecule has 0 saturated carbocycles. The van der Waals surface area contributed by atoms with Crippen LogP contribution in [0.1, 0.15) is 0 Å². The summed E-state index contributed by atoms with van der Waals surface area (Å²) < 4.78 is 10.7. The summed E-state index contributed by atoms with van der Waals surface area (Å²) in [6, 6.07) is 14.8. The summed E-state index contributed by atoms with van der Waals surface area (Å²) in [6.45, 7) is 0. The summed E-state index contributed by atoms with van der Waals surface area (Å²) in [5.41, 5.74) is 9.00. The van der Waals surface area contributed by atoms with E-state index in [0.717, 1.165) is 11.1 Å². The maximum atomic E-state index is 5.94. The monoisotopic (exact) mass is 341 g/mol. The molecule has 0 amide bonds. The largest absolute Gasteiger partial charge is 0.497 e. The fourth-order valence-corrected chi connectivity index (χ4v) is 2.51. The van der Waals surface area contributed by atoms with Crippen molar-refractivity contribution in [2.75, 3.05) is 20.0 Å². The van der Waals surface area contributed by atoms with E-state index in [0.29, 0.717) is 27.9 Å². The van der Waals surface area contributed by atoms with Crippen LogP contribution in [0, 0.1) is 0 Å². The molecule has 0 spiro atoms. The van der Waals surface area contributed by atoms with Gasteiger partial charge in [0.2, 0.25) is 5.95 Å². The van der Waals surface area contributed by atoms with Gasteiger partial charge in [-0.2, -0.15) is 0 Å². The summed E-state index contributed by atoms with van der Waals surface area (Å²) in [7, 11) is 3.21. The minimum Gasteiger partial charge on any atom is -0.497 e. The molecule has 3 rings (SSSR count). The van der Waals surface area contributed by atoms with Crippen LogP contribution in [-0.2, 0) is 0 Å². The van der Waals surface area contributed by atoms with E-state index in [4.69, 9.17) is 26.8 Å². The molecule has 1 heterocycles. The zero-order valence-electron chi connectivity index (χ0n) is 13.3. The molecular formula is C18H16ClN3O2. The first-order chi connectivity index (χ1) is 11.6. The Bertz CT molecular complexity index is 867. The Labute approximate surface area is 145 Å². The molecule has 1 aromatic heterocycles. The predicted molar refractivity (Wildman–Crippen MR) is 95.4 cm³/mol. The second-order valence-corrected chi connectivity index (χ2v) is 5.51. The molecule has 0 fully saturated rings. The van der Waals surface area contributed by atoms with Crippen molar-refractivity contribution < 1.29 is 9.47 Å². The van der Waals surface area contributed by atoms with Crippen LogP contribution in [0.15, 0.2) is 48.5 Å². The van der Waals surface area contributed by atoms with E-state index in [2.05, 4.69) is 9.97 Å². The Morgan fingerprint density at radius 3 is 2.25 bits per heavy atom. The van der Waals surface area contributed by atoms with Gasteiger partial charge < -0.3 is 15.2 Å². The van der Waals surface area contributed by atoms with Crippen LogP contribution in [0.5, 0.6) is 11.5 Å². The Hall–Kier alpha value is -2.79. The zero-order chi connectivity index (χ0) is 17.1. The average molecular weight is 342 g/mol. The molecule has 6 heteroatoms. The number of hydrogen-bond donors (Lipinski definition) is 1. The molecule has 24 heavy (non-hydrogen) atoms. The number of nitrogens with zero attached hydrogens (tertiary/aromatic N) is 2. The summed E-state index contributed by atoms with van der Waals surface area (Å²) in [4.78, 5) is 8.64. The molecule has 0 bridgehead atoms. The van der Waals surface area contributed by atoms with E-state index < -0.39 is 0 Å². The highest BCUT2D eigenvalue weighted by Crippen LogP contribution is 2.34. The highest BCUT2D eigenvalue weighted by Gasteiger charge is 2.12. The van der Waals surface area contributed by atoms with Gasteiger partial charge in [0.15, 0.2) is 0 Å². The lowest BCUT2D eigenvalue weighted by Gasteiger charge is -2.11. The lowest BCUT2D eigenvalue weighted by Crippen LogP contribution is -2.00. The fraction of sp³-hybridized carbons (Fsp3) is 0.111. The quantitative estimate of drug-likeness (QED) is 0.774. The maximum Gasteiger partial charge on any atom is 0.221 e. The van der Waals surface area contributed by atoms with Crippen LogP contribution in [0.2, 0.25) is 5.02 Å². The lowest BCUT2D eigenvalue weighted by molar-refractivity contribution is 0.395. The van der Waals surface area contributed by atoms with Crippen molar-refractivity contribution in [2.24, 2.45) is 0 Å². The first-order valence-corrected chi connectivity index (χ1v) is 7.61. The average Bonchev–Trinajstić information content (AvgIpc) is 2.61. The Balaban J connectivity index is 2.11. The SMILES string of the molecule is COc1ccc(-c2cc(-c3ccc(Cl)cc3)nc(N)n2)c(OC)c1. The Morgan fingerprint density at radius 2 is 1.58 bits per heavy atom. The number of aromatic nitrogens is 2. The van der Waals surface area contributed by atoms with Crippen LogP contribution in [0.4, 0.5) is 5.95 Å². The van der Waals surface area contributed by atoms with E-state index in [1.807, 2.05) is 42.5 Å². The summed E-state index contributed by atoms with van der Waals surface area (Å²) in [6.07, 6.45) is 0. The van der Waals surface area contributed by atoms with Crippen LogP contribution in [0.3, 0.4) is 0 Å². The molecular weight excluding hydrogens is 326 g/mol. The van der Waals surface area contributed by atoms with Gasteiger partial charge in [0.1, 0.15) is 11.5 Å². The molecule has 2 aromatic carbocycles. The number of halogens is 1. The van der Waals surface area contributed by atoms with E-state index in [-0.39, 0.29) is 5.95 Å². The highest BCUT2D eigenvalue weighted by molar-refractivity contribution is 6.30. The minimum atomic E-state index is 0.190. The number of rotatable bonds is 4. The predicted octanol–water partition coefficient (Wildman–Crippen LogP) is 4.06. The molecule has 122 valence electrons. The Kier molecular flexibility index (Phi) is 4.53. The van der Waals surface area contributed by atoms with Gasteiger partial charge in [-0.25, -0.2) is 9.97 Å². The summed E-state index contributed by atoms with van der Waals surface area (Å²) in [5, 5.41) is 0.665. The van der Waals surface area contributed by atoms with Crippen molar-refractivity contribution in [3.8, 4) is 34.0 Å². The normalized spacial score (nSPS) is 10.5. The van der Waals surface area contributed by atoms with Gasteiger partial charge in [-0.3, -0.25) is 0 Å². The highest BCUT2D eigenvalue weighted by atomic mass is 35.5. The molecule has 0 unspecified atom stereocenters. The third kappa shape index (κ3) is 3.26. The van der Waals surface area contributed by atoms with Crippen molar-refractivity contribution in [3.05, 3.63) is 53.6 Å². The van der Waals surface area contributed by atoms with E-state index in [1.165, 1.54) is 0 Å². The number of methoxy groups -OCH3 is 2. The number of anilines is 1. The second-order valence-electron chi connectivity index (χ2n) is 5.07. The van der Waals surface area contributed by atoms with Crippen LogP contribution < -0.4 is 15.2 Å². The summed E-state index contributed by atoms with van der Waals surface area (Å²) >= 11 is 5.94. The number of hydrogen-bond acceptors (Lipinski definition) is 5. The van der Waals surface area contributed by atoms with Crippen molar-refractivity contribution in [1.29, 1.82) is 0 Å². The van der Waals surface area contributed by atoms with Gasteiger partial charge in [-0.05, 0) is 30.3 Å². The molecule has 0 atom stereocenters. The molecule has 5 nitrogen and oxygen atoms in total. The van der Waals surface area contributed by atoms with E-state index in [1.54, 1.807) is 20.3 Å². The van der Waals surface area contributed by atoms with Crippen molar-refractivity contribution in [1.82, 2.24) is 9.97 Å². The smallest absolute Gasteiger partial charge is 0.221 e. The fourth-order valence-electron chi connectivity index (χ4n) is 2.38. The number of benzene rings is 2. The first-order valence-electron chi connectivity index (χ1n) is 7.23. The zero-order valence-corrected chi connectivity index (χ0v) is 14.0. The number of nitrogens with two attached hydrogens (primary N) is 1. The topological polar surface area (TPSA) is 70.3 Å². The minimum absolute atomic E-state index is 0.190. The van der Waals surface area contributed by atoms with Gasteiger partial charge in [-0.1, -0.05) is 23.7 Å². The van der Waals surface area contributed by atoms with Crippen LogP contribution in [-0.4, -0.2) is 24.2 Å². The summed E-state index contributed by atoms with van der Waals surface area (Å²) in [5.74, 6) is 1.54. The van der Waals surface area contributed by atoms with E-state index >= 15 is 0 Å². The number of ether oxygens (including phenoxy) is 2. The van der Waals surface area contributed by atoms with Crippen molar-refractivity contribution in [2.45, 2.75) is 0 Å². The van der Waals surface area contributed by atoms with Crippen LogP contribution in [0.25, 0.3) is 22.5 Å². The second kappa shape index (κ2) is 6.76.